The third-order valence-corrected chi connectivity index (χ3v) is 5.25. The van der Waals surface area contributed by atoms with Gasteiger partial charge in [-0.25, -0.2) is 4.98 Å². The molecular weight excluding hydrogens is 362 g/mol. The van der Waals surface area contributed by atoms with Crippen molar-refractivity contribution in [3.8, 4) is 11.1 Å². The molecule has 6 nitrogen and oxygen atoms in total. The van der Waals surface area contributed by atoms with E-state index in [1.54, 1.807) is 12.4 Å². The Balaban J connectivity index is 1.86. The lowest BCUT2D eigenvalue weighted by Crippen LogP contribution is -2.19. The van der Waals surface area contributed by atoms with Gasteiger partial charge in [-0.3, -0.25) is 4.79 Å². The van der Waals surface area contributed by atoms with Crippen molar-refractivity contribution >= 4 is 39.7 Å². The summed E-state index contributed by atoms with van der Waals surface area (Å²) in [6.07, 6.45) is 5.41. The van der Waals surface area contributed by atoms with Crippen LogP contribution in [0.5, 0.6) is 0 Å². The van der Waals surface area contributed by atoms with Crippen LogP contribution in [0, 0.1) is 0 Å². The van der Waals surface area contributed by atoms with Crippen LogP contribution in [0.25, 0.3) is 22.0 Å². The minimum absolute atomic E-state index is 0.110. The molecule has 0 saturated carbocycles. The van der Waals surface area contributed by atoms with Gasteiger partial charge in [0, 0.05) is 46.7 Å². The molecule has 0 amide bonds. The fraction of sp³-hybridized carbons (Fsp3) is 0.100. The smallest absolute Gasteiger partial charge is 0.272 e. The number of nitrogens with two attached hydrogens (primary N) is 1. The summed E-state index contributed by atoms with van der Waals surface area (Å²) in [7, 11) is 1.88. The molecule has 3 aromatic heterocycles. The maximum Gasteiger partial charge on any atom is 0.272 e. The lowest BCUT2D eigenvalue weighted by atomic mass is 10.0. The highest BCUT2D eigenvalue weighted by Gasteiger charge is 2.26. The maximum atomic E-state index is 12.4. The number of nitrogens with zero attached hydrogens (tertiary/aromatic N) is 3. The predicted molar refractivity (Wildman–Crippen MR) is 108 cm³/mol. The van der Waals surface area contributed by atoms with Crippen LogP contribution in [-0.4, -0.2) is 14.5 Å². The molecule has 1 aromatic carbocycles. The number of hydrogen-bond donors (Lipinski definition) is 2. The fourth-order valence-corrected chi connectivity index (χ4v) is 3.94. The van der Waals surface area contributed by atoms with Crippen LogP contribution in [0.15, 0.2) is 53.7 Å². The summed E-state index contributed by atoms with van der Waals surface area (Å²) >= 11 is 6.07. The molecule has 0 saturated heterocycles. The molecule has 4 heterocycles. The molecule has 0 radical (unpaired) electrons. The molecule has 134 valence electrons. The molecular formula is C20H16ClN5O. The van der Waals surface area contributed by atoms with E-state index in [9.17, 15) is 4.79 Å². The van der Waals surface area contributed by atoms with E-state index in [-0.39, 0.29) is 5.56 Å². The van der Waals surface area contributed by atoms with Crippen molar-refractivity contribution in [3.63, 3.8) is 0 Å². The van der Waals surface area contributed by atoms with Crippen molar-refractivity contribution in [2.24, 2.45) is 7.05 Å². The van der Waals surface area contributed by atoms with Crippen LogP contribution < -0.4 is 16.2 Å². The molecule has 5 rings (SSSR count). The van der Waals surface area contributed by atoms with E-state index in [4.69, 9.17) is 17.3 Å². The summed E-state index contributed by atoms with van der Waals surface area (Å²) < 4.78 is 1.86. The number of benzene rings is 1. The van der Waals surface area contributed by atoms with Gasteiger partial charge in [0.25, 0.3) is 5.56 Å². The number of aromatic amines is 1. The number of aromatic nitrogens is 3. The predicted octanol–water partition coefficient (Wildman–Crippen LogP) is 3.82. The van der Waals surface area contributed by atoms with Crippen LogP contribution >= 0.6 is 11.6 Å². The van der Waals surface area contributed by atoms with Gasteiger partial charge < -0.3 is 20.2 Å². The molecule has 1 aliphatic rings. The number of aryl methyl sites for hydroxylation is 1. The molecule has 0 aliphatic carbocycles. The topological polar surface area (TPSA) is 79.9 Å². The lowest BCUT2D eigenvalue weighted by Gasteiger charge is -2.24. The van der Waals surface area contributed by atoms with Gasteiger partial charge in [0.1, 0.15) is 11.3 Å². The van der Waals surface area contributed by atoms with Crippen LogP contribution in [0.4, 0.5) is 17.2 Å². The lowest BCUT2D eigenvalue weighted by molar-refractivity contribution is 0.933. The van der Waals surface area contributed by atoms with Crippen molar-refractivity contribution in [3.05, 3.63) is 69.9 Å². The first-order valence-corrected chi connectivity index (χ1v) is 8.89. The molecule has 0 spiro atoms. The van der Waals surface area contributed by atoms with Crippen molar-refractivity contribution in [2.45, 2.75) is 6.54 Å². The molecule has 7 heteroatoms. The van der Waals surface area contributed by atoms with Gasteiger partial charge in [0.2, 0.25) is 0 Å². The molecule has 0 fully saturated rings. The van der Waals surface area contributed by atoms with Crippen LogP contribution in [0.3, 0.4) is 0 Å². The second kappa shape index (κ2) is 5.62. The van der Waals surface area contributed by atoms with Crippen molar-refractivity contribution in [2.75, 3.05) is 10.6 Å². The van der Waals surface area contributed by atoms with Crippen LogP contribution in [0.1, 0.15) is 5.56 Å². The van der Waals surface area contributed by atoms with Gasteiger partial charge in [0.05, 0.1) is 18.4 Å². The zero-order chi connectivity index (χ0) is 18.7. The normalized spacial score (nSPS) is 12.9. The highest BCUT2D eigenvalue weighted by Crippen LogP contribution is 2.43. The number of rotatable bonds is 1. The Morgan fingerprint density at radius 2 is 2.00 bits per heavy atom. The third-order valence-electron chi connectivity index (χ3n) is 5.00. The largest absolute Gasteiger partial charge is 0.397 e. The van der Waals surface area contributed by atoms with Gasteiger partial charge in [-0.2, -0.15) is 0 Å². The highest BCUT2D eigenvalue weighted by molar-refractivity contribution is 6.30. The number of H-pyrrole nitrogens is 1. The van der Waals surface area contributed by atoms with Crippen molar-refractivity contribution in [1.82, 2.24) is 14.5 Å². The standard InChI is InChI=1S/C20H16ClN5O/c1-25-10-16-15-6-13(22)8-23-19(15)26(14-4-2-12(21)3-5-14)9-11-7-24-20(27)18(25)17(11)16/h2-8,10H,9,22H2,1H3,(H,24,27). The Bertz CT molecular complexity index is 1260. The van der Waals surface area contributed by atoms with E-state index >= 15 is 0 Å². The molecule has 4 aromatic rings. The Hall–Kier alpha value is -3.25. The van der Waals surface area contributed by atoms with Gasteiger partial charge in [-0.15, -0.1) is 0 Å². The Morgan fingerprint density at radius 3 is 2.78 bits per heavy atom. The quantitative estimate of drug-likeness (QED) is 0.528. The van der Waals surface area contributed by atoms with Gasteiger partial charge in [-0.05, 0) is 35.9 Å². The van der Waals surface area contributed by atoms with E-state index in [1.165, 1.54) is 0 Å². The summed E-state index contributed by atoms with van der Waals surface area (Å²) in [4.78, 5) is 22.0. The number of nitrogen functional groups attached to an aromatic ring is 1. The first kappa shape index (κ1) is 16.0. The summed E-state index contributed by atoms with van der Waals surface area (Å²) in [6, 6.07) is 9.55. The Labute approximate surface area is 159 Å². The summed E-state index contributed by atoms with van der Waals surface area (Å²) in [5.74, 6) is 0.794. The number of halogens is 1. The minimum Gasteiger partial charge on any atom is -0.397 e. The van der Waals surface area contributed by atoms with Gasteiger partial charge in [-0.1, -0.05) is 11.6 Å². The first-order valence-electron chi connectivity index (χ1n) is 8.51. The summed E-state index contributed by atoms with van der Waals surface area (Å²) in [5.41, 5.74) is 11.0. The zero-order valence-electron chi connectivity index (χ0n) is 14.5. The Kier molecular flexibility index (Phi) is 3.32. The second-order valence-electron chi connectivity index (χ2n) is 6.72. The SMILES string of the molecule is Cn1cc2c3c(c[nH]c(=O)c31)CN(c1ccc(Cl)cc1)c1ncc(N)cc1-2. The average molecular weight is 378 g/mol. The number of nitrogens with one attached hydrogen (secondary N) is 1. The summed E-state index contributed by atoms with van der Waals surface area (Å²) in [6.45, 7) is 0.565. The van der Waals surface area contributed by atoms with Crippen molar-refractivity contribution < 1.29 is 0 Å². The molecule has 0 bridgehead atoms. The van der Waals surface area contributed by atoms with Crippen LogP contribution in [0.2, 0.25) is 5.02 Å². The van der Waals surface area contributed by atoms with Gasteiger partial charge in [0.15, 0.2) is 0 Å². The van der Waals surface area contributed by atoms with E-state index in [0.29, 0.717) is 22.8 Å². The molecule has 1 aliphatic heterocycles. The number of pyridine rings is 2. The molecule has 27 heavy (non-hydrogen) atoms. The summed E-state index contributed by atoms with van der Waals surface area (Å²) in [5, 5.41) is 1.61. The van der Waals surface area contributed by atoms with Crippen LogP contribution in [-0.2, 0) is 13.6 Å². The second-order valence-corrected chi connectivity index (χ2v) is 7.16. The first-order chi connectivity index (χ1) is 13.0. The molecule has 0 unspecified atom stereocenters. The fourth-order valence-electron chi connectivity index (χ4n) is 3.81. The molecule has 3 N–H and O–H groups in total. The third kappa shape index (κ3) is 2.34. The highest BCUT2D eigenvalue weighted by atomic mass is 35.5. The van der Waals surface area contributed by atoms with E-state index < -0.39 is 0 Å². The van der Waals surface area contributed by atoms with E-state index in [1.807, 2.05) is 48.1 Å². The zero-order valence-corrected chi connectivity index (χ0v) is 15.3. The van der Waals surface area contributed by atoms with Crippen molar-refractivity contribution in [1.29, 1.82) is 0 Å². The molecule has 0 atom stereocenters. The number of anilines is 3. The monoisotopic (exact) mass is 377 g/mol. The maximum absolute atomic E-state index is 12.4. The van der Waals surface area contributed by atoms with Gasteiger partial charge >= 0.3 is 0 Å². The number of hydrogen-bond acceptors (Lipinski definition) is 4. The Morgan fingerprint density at radius 1 is 1.22 bits per heavy atom. The average Bonchev–Trinajstić information content (AvgIpc) is 2.94. The number of fused-ring (bicyclic) bond motifs is 2. The van der Waals surface area contributed by atoms with E-state index in [2.05, 4.69) is 14.9 Å². The van der Waals surface area contributed by atoms with E-state index in [0.717, 1.165) is 33.6 Å². The minimum atomic E-state index is -0.110.